The third-order valence-electron chi connectivity index (χ3n) is 3.86. The van der Waals surface area contributed by atoms with E-state index in [1.165, 1.54) is 0 Å². The van der Waals surface area contributed by atoms with Gasteiger partial charge in [-0.1, -0.05) is 35.9 Å². The van der Waals surface area contributed by atoms with Crippen molar-refractivity contribution in [1.82, 2.24) is 15.5 Å². The molecule has 0 saturated heterocycles. The number of carbonyl (C=O) groups excluding carboxylic acids is 1. The fourth-order valence-electron chi connectivity index (χ4n) is 2.69. The summed E-state index contributed by atoms with van der Waals surface area (Å²) >= 11 is 0. The van der Waals surface area contributed by atoms with Gasteiger partial charge in [-0.2, -0.15) is 5.10 Å². The zero-order valence-corrected chi connectivity index (χ0v) is 12.6. The molecule has 0 spiro atoms. The van der Waals surface area contributed by atoms with Crippen molar-refractivity contribution < 1.29 is 4.79 Å². The minimum atomic E-state index is -0.194. The number of benzene rings is 1. The largest absolute Gasteiger partial charge is 0.351 e. The lowest BCUT2D eigenvalue weighted by Gasteiger charge is -2.15. The van der Waals surface area contributed by atoms with Gasteiger partial charge < -0.3 is 11.1 Å². The Kier molecular flexibility index (Phi) is 4.34. The second-order valence-corrected chi connectivity index (χ2v) is 5.43. The standard InChI is InChI=1S/C17H18N4O2/c18-9-15(22)19-10-11-4-3-5-12(8-11)16-13-6-1-2-7-14(13)17(23)21-20-16/h1-2,5-8H,3-4,9-10,18H2,(H,19,22)(H,21,23). The molecular weight excluding hydrogens is 292 g/mol. The molecule has 0 radical (unpaired) electrons. The number of nitrogens with zero attached hydrogens (tertiary/aromatic N) is 1. The van der Waals surface area contributed by atoms with Gasteiger partial charge in [-0.25, -0.2) is 5.10 Å². The van der Waals surface area contributed by atoms with Crippen molar-refractivity contribution in [3.8, 4) is 0 Å². The maximum absolute atomic E-state index is 11.9. The summed E-state index contributed by atoms with van der Waals surface area (Å²) in [7, 11) is 0. The van der Waals surface area contributed by atoms with Crippen LogP contribution >= 0.6 is 0 Å². The topological polar surface area (TPSA) is 101 Å². The quantitative estimate of drug-likeness (QED) is 0.787. The highest BCUT2D eigenvalue weighted by molar-refractivity contribution is 5.94. The van der Waals surface area contributed by atoms with Crippen LogP contribution in [0.4, 0.5) is 0 Å². The van der Waals surface area contributed by atoms with Crippen LogP contribution in [0.25, 0.3) is 16.3 Å². The Hall–Kier alpha value is -2.73. The fraction of sp³-hybridized carbons (Fsp3) is 0.235. The van der Waals surface area contributed by atoms with Crippen LogP contribution in [0.5, 0.6) is 0 Å². The number of nitrogens with one attached hydrogen (secondary N) is 2. The minimum Gasteiger partial charge on any atom is -0.351 e. The molecule has 3 rings (SSSR count). The van der Waals surface area contributed by atoms with Crippen LogP contribution in [-0.4, -0.2) is 29.2 Å². The molecule has 23 heavy (non-hydrogen) atoms. The van der Waals surface area contributed by atoms with Crippen molar-refractivity contribution in [3.05, 3.63) is 58.0 Å². The van der Waals surface area contributed by atoms with Crippen molar-refractivity contribution in [2.24, 2.45) is 5.73 Å². The van der Waals surface area contributed by atoms with E-state index >= 15 is 0 Å². The maximum atomic E-state index is 11.9. The van der Waals surface area contributed by atoms with Crippen LogP contribution in [0.2, 0.25) is 0 Å². The van der Waals surface area contributed by atoms with Gasteiger partial charge in [0.05, 0.1) is 17.6 Å². The van der Waals surface area contributed by atoms with Crippen molar-refractivity contribution in [2.75, 3.05) is 13.1 Å². The van der Waals surface area contributed by atoms with Crippen molar-refractivity contribution in [2.45, 2.75) is 12.8 Å². The predicted octanol–water partition coefficient (Wildman–Crippen LogP) is 1.10. The molecule has 6 nitrogen and oxygen atoms in total. The minimum absolute atomic E-state index is 0.0118. The number of fused-ring (bicyclic) bond motifs is 1. The molecule has 118 valence electrons. The maximum Gasteiger partial charge on any atom is 0.272 e. The zero-order chi connectivity index (χ0) is 16.2. The van der Waals surface area contributed by atoms with Gasteiger partial charge in [0.25, 0.3) is 5.56 Å². The van der Waals surface area contributed by atoms with Crippen LogP contribution in [0.3, 0.4) is 0 Å². The average molecular weight is 310 g/mol. The van der Waals surface area contributed by atoms with Gasteiger partial charge in [0.2, 0.25) is 5.91 Å². The summed E-state index contributed by atoms with van der Waals surface area (Å²) in [5.41, 5.74) is 7.93. The van der Waals surface area contributed by atoms with Crippen molar-refractivity contribution in [1.29, 1.82) is 0 Å². The second kappa shape index (κ2) is 6.58. The Bertz CT molecular complexity index is 864. The van der Waals surface area contributed by atoms with Gasteiger partial charge in [-0.15, -0.1) is 0 Å². The van der Waals surface area contributed by atoms with Crippen molar-refractivity contribution in [3.63, 3.8) is 0 Å². The Labute approximate surface area is 133 Å². The van der Waals surface area contributed by atoms with E-state index in [-0.39, 0.29) is 18.0 Å². The summed E-state index contributed by atoms with van der Waals surface area (Å²) in [5, 5.41) is 11.0. The van der Waals surface area contributed by atoms with E-state index in [9.17, 15) is 9.59 Å². The van der Waals surface area contributed by atoms with Crippen LogP contribution in [0, 0.1) is 0 Å². The third kappa shape index (κ3) is 3.22. The lowest BCUT2D eigenvalue weighted by molar-refractivity contribution is -0.119. The summed E-state index contributed by atoms with van der Waals surface area (Å²) < 4.78 is 0. The summed E-state index contributed by atoms with van der Waals surface area (Å²) in [5.74, 6) is -0.172. The van der Waals surface area contributed by atoms with Crippen LogP contribution in [0.15, 0.2) is 46.8 Å². The molecule has 0 saturated carbocycles. The Morgan fingerprint density at radius 1 is 1.30 bits per heavy atom. The first-order valence-corrected chi connectivity index (χ1v) is 7.53. The zero-order valence-electron chi connectivity index (χ0n) is 12.6. The van der Waals surface area contributed by atoms with Gasteiger partial charge in [-0.05, 0) is 24.5 Å². The summed E-state index contributed by atoms with van der Waals surface area (Å²) in [6.07, 6.45) is 5.87. The smallest absolute Gasteiger partial charge is 0.272 e. The molecule has 1 heterocycles. The van der Waals surface area contributed by atoms with E-state index in [1.807, 2.05) is 24.3 Å². The van der Waals surface area contributed by atoms with E-state index in [2.05, 4.69) is 21.6 Å². The molecule has 1 aliphatic carbocycles. The van der Waals surface area contributed by atoms with Crippen LogP contribution in [0.1, 0.15) is 18.5 Å². The van der Waals surface area contributed by atoms with Gasteiger partial charge in [0.15, 0.2) is 0 Å². The lowest BCUT2D eigenvalue weighted by Crippen LogP contribution is -2.31. The first kappa shape index (κ1) is 15.2. The van der Waals surface area contributed by atoms with Gasteiger partial charge in [0, 0.05) is 11.9 Å². The third-order valence-corrected chi connectivity index (χ3v) is 3.86. The number of hydrogen-bond acceptors (Lipinski definition) is 4. The predicted molar refractivity (Wildman–Crippen MR) is 89.7 cm³/mol. The van der Waals surface area contributed by atoms with E-state index in [4.69, 9.17) is 5.73 Å². The first-order valence-electron chi connectivity index (χ1n) is 7.53. The molecule has 1 amide bonds. The average Bonchev–Trinajstić information content (AvgIpc) is 2.60. The number of amides is 1. The summed E-state index contributed by atoms with van der Waals surface area (Å²) in [4.78, 5) is 23.2. The number of rotatable bonds is 4. The second-order valence-electron chi connectivity index (χ2n) is 5.43. The highest BCUT2D eigenvalue weighted by Gasteiger charge is 2.13. The number of carbonyl (C=O) groups is 1. The molecule has 1 aromatic heterocycles. The number of H-pyrrole nitrogens is 1. The Morgan fingerprint density at radius 3 is 2.87 bits per heavy atom. The van der Waals surface area contributed by atoms with E-state index in [0.717, 1.165) is 35.1 Å². The molecule has 4 N–H and O–H groups in total. The normalized spacial score (nSPS) is 14.3. The number of nitrogens with two attached hydrogens (primary N) is 1. The molecule has 1 aromatic carbocycles. The molecule has 0 aliphatic heterocycles. The molecule has 0 unspecified atom stereocenters. The highest BCUT2D eigenvalue weighted by atomic mass is 16.1. The van der Waals surface area contributed by atoms with E-state index in [1.54, 1.807) is 6.07 Å². The molecule has 1 aliphatic rings. The number of aromatic nitrogens is 2. The number of allylic oxidation sites excluding steroid dienone is 3. The van der Waals surface area contributed by atoms with E-state index < -0.39 is 0 Å². The monoisotopic (exact) mass is 310 g/mol. The molecular formula is C17H18N4O2. The summed E-state index contributed by atoms with van der Waals surface area (Å²) in [6.45, 7) is 0.469. The van der Waals surface area contributed by atoms with Gasteiger partial charge in [0.1, 0.15) is 0 Å². The molecule has 0 atom stereocenters. The Balaban J connectivity index is 1.94. The van der Waals surface area contributed by atoms with E-state index in [0.29, 0.717) is 11.9 Å². The Morgan fingerprint density at radius 2 is 2.09 bits per heavy atom. The molecule has 0 bridgehead atoms. The first-order chi connectivity index (χ1) is 11.2. The number of aromatic amines is 1. The fourth-order valence-corrected chi connectivity index (χ4v) is 2.69. The highest BCUT2D eigenvalue weighted by Crippen LogP contribution is 2.27. The lowest BCUT2D eigenvalue weighted by atomic mass is 9.95. The molecule has 0 fully saturated rings. The van der Waals surface area contributed by atoms with Gasteiger partial charge in [-0.3, -0.25) is 9.59 Å². The summed E-state index contributed by atoms with van der Waals surface area (Å²) in [6, 6.07) is 7.41. The van der Waals surface area contributed by atoms with Crippen LogP contribution in [-0.2, 0) is 4.79 Å². The van der Waals surface area contributed by atoms with Crippen molar-refractivity contribution >= 4 is 22.3 Å². The van der Waals surface area contributed by atoms with Gasteiger partial charge >= 0.3 is 0 Å². The van der Waals surface area contributed by atoms with Crippen LogP contribution < -0.4 is 16.6 Å². The molecule has 6 heteroatoms. The molecule has 2 aromatic rings. The SMILES string of the molecule is NCC(=O)NCC1=CC(c2n[nH]c(=O)c3ccccc23)=CCC1. The number of hydrogen-bond donors (Lipinski definition) is 3.